The highest BCUT2D eigenvalue weighted by Gasteiger charge is 2.24. The van der Waals surface area contributed by atoms with Crippen LogP contribution in [0, 0.1) is 0 Å². The Labute approximate surface area is 160 Å². The Bertz CT molecular complexity index is 735. The predicted octanol–water partition coefficient (Wildman–Crippen LogP) is 4.12. The molecule has 1 fully saturated rings. The molecule has 26 heavy (non-hydrogen) atoms. The van der Waals surface area contributed by atoms with Gasteiger partial charge in [0, 0.05) is 11.4 Å². The second kappa shape index (κ2) is 8.36. The summed E-state index contributed by atoms with van der Waals surface area (Å²) in [6.45, 7) is 3.00. The molecule has 1 aromatic heterocycles. The highest BCUT2D eigenvalue weighted by Crippen LogP contribution is 2.28. The first-order chi connectivity index (χ1) is 12.8. The van der Waals surface area contributed by atoms with E-state index in [1.54, 1.807) is 11.3 Å². The van der Waals surface area contributed by atoms with Crippen molar-refractivity contribution >= 4 is 17.2 Å². The molecule has 0 saturated carbocycles. The smallest absolute Gasteiger partial charge is 0.224 e. The van der Waals surface area contributed by atoms with Crippen LogP contribution in [-0.2, 0) is 24.1 Å². The number of carbonyl (C=O) groups is 1. The van der Waals surface area contributed by atoms with E-state index >= 15 is 0 Å². The van der Waals surface area contributed by atoms with Crippen LogP contribution < -0.4 is 5.32 Å². The highest BCUT2D eigenvalue weighted by molar-refractivity contribution is 7.10. The molecule has 138 valence electrons. The Morgan fingerprint density at radius 2 is 1.88 bits per heavy atom. The third-order valence-corrected chi connectivity index (χ3v) is 6.70. The average Bonchev–Trinajstić information content (AvgIpc) is 3.36. The molecular formula is C22H28N2OS. The molecule has 1 saturated heterocycles. The summed E-state index contributed by atoms with van der Waals surface area (Å²) < 4.78 is 0. The maximum Gasteiger partial charge on any atom is 0.224 e. The molecule has 1 unspecified atom stereocenters. The lowest BCUT2D eigenvalue weighted by Gasteiger charge is -2.27. The molecule has 1 aromatic carbocycles. The van der Waals surface area contributed by atoms with E-state index in [1.165, 1.54) is 54.5 Å². The number of nitrogens with zero attached hydrogens (tertiary/aromatic N) is 1. The van der Waals surface area contributed by atoms with Crippen molar-refractivity contribution in [1.29, 1.82) is 0 Å². The van der Waals surface area contributed by atoms with Gasteiger partial charge in [0.25, 0.3) is 0 Å². The van der Waals surface area contributed by atoms with Crippen LogP contribution in [-0.4, -0.2) is 30.4 Å². The van der Waals surface area contributed by atoms with Crippen LogP contribution in [0.2, 0.25) is 0 Å². The number of fused-ring (bicyclic) bond motifs is 1. The van der Waals surface area contributed by atoms with Crippen molar-refractivity contribution in [1.82, 2.24) is 10.2 Å². The van der Waals surface area contributed by atoms with Gasteiger partial charge in [-0.1, -0.05) is 24.3 Å². The zero-order chi connectivity index (χ0) is 17.8. The van der Waals surface area contributed by atoms with E-state index in [-0.39, 0.29) is 5.91 Å². The molecule has 0 radical (unpaired) electrons. The zero-order valence-corrected chi connectivity index (χ0v) is 16.2. The van der Waals surface area contributed by atoms with E-state index in [4.69, 9.17) is 0 Å². The van der Waals surface area contributed by atoms with Crippen LogP contribution in [0.15, 0.2) is 35.7 Å². The summed E-state index contributed by atoms with van der Waals surface area (Å²) in [7, 11) is 0. The molecule has 4 rings (SSSR count). The molecule has 2 aromatic rings. The number of hydrogen-bond donors (Lipinski definition) is 1. The van der Waals surface area contributed by atoms with Gasteiger partial charge in [0.2, 0.25) is 5.91 Å². The predicted molar refractivity (Wildman–Crippen MR) is 108 cm³/mol. The molecule has 1 atom stereocenters. The molecule has 1 N–H and O–H groups in total. The summed E-state index contributed by atoms with van der Waals surface area (Å²) in [5.41, 5.74) is 4.08. The molecule has 0 spiro atoms. The fraction of sp³-hybridized carbons (Fsp3) is 0.500. The molecule has 1 aliphatic carbocycles. The van der Waals surface area contributed by atoms with Gasteiger partial charge in [-0.25, -0.2) is 0 Å². The highest BCUT2D eigenvalue weighted by atomic mass is 32.1. The lowest BCUT2D eigenvalue weighted by atomic mass is 9.90. The molecule has 0 bridgehead atoms. The van der Waals surface area contributed by atoms with E-state index in [1.807, 2.05) is 0 Å². The number of nitrogens with one attached hydrogen (secondary N) is 1. The third kappa shape index (κ3) is 4.18. The van der Waals surface area contributed by atoms with Crippen LogP contribution in [0.5, 0.6) is 0 Å². The number of carbonyl (C=O) groups excluding carboxylic acids is 1. The fourth-order valence-electron chi connectivity index (χ4n) is 4.30. The summed E-state index contributed by atoms with van der Waals surface area (Å²) in [4.78, 5) is 16.4. The molecule has 2 aliphatic rings. The molecule has 3 nitrogen and oxygen atoms in total. The van der Waals surface area contributed by atoms with Crippen molar-refractivity contribution in [3.05, 3.63) is 57.3 Å². The van der Waals surface area contributed by atoms with Gasteiger partial charge < -0.3 is 5.32 Å². The van der Waals surface area contributed by atoms with E-state index in [2.05, 4.69) is 45.9 Å². The monoisotopic (exact) mass is 368 g/mol. The number of likely N-dealkylation sites (tertiary alicyclic amines) is 1. The van der Waals surface area contributed by atoms with Crippen LogP contribution in [0.4, 0.5) is 0 Å². The number of aryl methyl sites for hydroxylation is 2. The number of amides is 1. The Balaban J connectivity index is 1.36. The van der Waals surface area contributed by atoms with Crippen molar-refractivity contribution in [2.45, 2.75) is 51.0 Å². The Hall–Kier alpha value is -1.65. The molecule has 4 heteroatoms. The van der Waals surface area contributed by atoms with Crippen molar-refractivity contribution < 1.29 is 4.79 Å². The molecule has 1 amide bonds. The first-order valence-electron chi connectivity index (χ1n) is 9.94. The van der Waals surface area contributed by atoms with Gasteiger partial charge in [0.1, 0.15) is 0 Å². The van der Waals surface area contributed by atoms with Crippen LogP contribution in [0.1, 0.15) is 53.3 Å². The first kappa shape index (κ1) is 17.7. The summed E-state index contributed by atoms with van der Waals surface area (Å²) in [6, 6.07) is 11.3. The van der Waals surface area contributed by atoms with Crippen molar-refractivity contribution in [3.8, 4) is 0 Å². The molecule has 1 aliphatic heterocycles. The van der Waals surface area contributed by atoms with Gasteiger partial charge in [0.15, 0.2) is 0 Å². The second-order valence-electron chi connectivity index (χ2n) is 7.57. The average molecular weight is 369 g/mol. The van der Waals surface area contributed by atoms with E-state index in [0.717, 1.165) is 18.7 Å². The van der Waals surface area contributed by atoms with E-state index < -0.39 is 0 Å². The Kier molecular flexibility index (Phi) is 5.71. The zero-order valence-electron chi connectivity index (χ0n) is 15.4. The van der Waals surface area contributed by atoms with E-state index in [0.29, 0.717) is 19.0 Å². The van der Waals surface area contributed by atoms with Crippen molar-refractivity contribution in [2.75, 3.05) is 19.6 Å². The number of benzene rings is 1. The van der Waals surface area contributed by atoms with Crippen LogP contribution in [0.25, 0.3) is 0 Å². The maximum atomic E-state index is 12.5. The maximum absolute atomic E-state index is 12.5. The standard InChI is InChI=1S/C22H28N2OS/c25-22(15-17-9-10-18-6-1-2-7-19(18)14-17)23-16-20(21-8-5-13-26-21)24-11-3-4-12-24/h5,8-10,13-14,20H,1-4,6-7,11-12,15-16H2,(H,23,25). The first-order valence-corrected chi connectivity index (χ1v) is 10.8. The van der Waals surface area contributed by atoms with Gasteiger partial charge in [0.05, 0.1) is 12.5 Å². The summed E-state index contributed by atoms with van der Waals surface area (Å²) in [5.74, 6) is 0.140. The van der Waals surface area contributed by atoms with Gasteiger partial charge in [-0.05, 0) is 79.8 Å². The lowest BCUT2D eigenvalue weighted by Crippen LogP contribution is -2.37. The van der Waals surface area contributed by atoms with Crippen molar-refractivity contribution in [3.63, 3.8) is 0 Å². The number of hydrogen-bond acceptors (Lipinski definition) is 3. The quantitative estimate of drug-likeness (QED) is 0.832. The molecule has 2 heterocycles. The van der Waals surface area contributed by atoms with Gasteiger partial charge in [-0.2, -0.15) is 0 Å². The Morgan fingerprint density at radius 3 is 2.65 bits per heavy atom. The SMILES string of the molecule is O=C(Cc1ccc2c(c1)CCCC2)NCC(c1cccs1)N1CCCC1. The van der Waals surface area contributed by atoms with Gasteiger partial charge in [-0.3, -0.25) is 9.69 Å². The molecular weight excluding hydrogens is 340 g/mol. The second-order valence-corrected chi connectivity index (χ2v) is 8.54. The minimum absolute atomic E-state index is 0.140. The minimum Gasteiger partial charge on any atom is -0.354 e. The third-order valence-electron chi connectivity index (χ3n) is 5.72. The van der Waals surface area contributed by atoms with E-state index in [9.17, 15) is 4.79 Å². The topological polar surface area (TPSA) is 32.3 Å². The normalized spacial score (nSPS) is 18.5. The van der Waals surface area contributed by atoms with Gasteiger partial charge >= 0.3 is 0 Å². The summed E-state index contributed by atoms with van der Waals surface area (Å²) in [6.07, 6.45) is 7.97. The van der Waals surface area contributed by atoms with Crippen LogP contribution in [0.3, 0.4) is 0 Å². The fourth-order valence-corrected chi connectivity index (χ4v) is 5.16. The summed E-state index contributed by atoms with van der Waals surface area (Å²) >= 11 is 1.80. The Morgan fingerprint density at radius 1 is 1.08 bits per heavy atom. The van der Waals surface area contributed by atoms with Crippen molar-refractivity contribution in [2.24, 2.45) is 0 Å². The number of thiophene rings is 1. The lowest BCUT2D eigenvalue weighted by molar-refractivity contribution is -0.120. The number of rotatable bonds is 6. The summed E-state index contributed by atoms with van der Waals surface area (Å²) in [5, 5.41) is 5.33. The van der Waals surface area contributed by atoms with Crippen LogP contribution >= 0.6 is 11.3 Å². The minimum atomic E-state index is 0.140. The largest absolute Gasteiger partial charge is 0.354 e. The van der Waals surface area contributed by atoms with Gasteiger partial charge in [-0.15, -0.1) is 11.3 Å².